The summed E-state index contributed by atoms with van der Waals surface area (Å²) in [6.45, 7) is 7.17. The van der Waals surface area contributed by atoms with E-state index in [9.17, 15) is 10.2 Å². The minimum absolute atomic E-state index is 0.536. The first-order valence-electron chi connectivity index (χ1n) is 5.49. The van der Waals surface area contributed by atoms with Gasteiger partial charge in [-0.15, -0.1) is 0 Å². The summed E-state index contributed by atoms with van der Waals surface area (Å²) in [5.74, 6) is 0. The van der Waals surface area contributed by atoms with Crippen molar-refractivity contribution in [2.75, 3.05) is 0 Å². The average molecular weight is 218 g/mol. The Morgan fingerprint density at radius 3 is 1.33 bits per heavy atom. The lowest BCUT2D eigenvalue weighted by Crippen LogP contribution is -2.46. The second kappa shape index (κ2) is 5.25. The molecule has 2 atom stereocenters. The van der Waals surface area contributed by atoms with Gasteiger partial charge < -0.3 is 21.7 Å². The van der Waals surface area contributed by atoms with Gasteiger partial charge in [-0.05, 0) is 47.0 Å². The molecule has 2 unspecified atom stereocenters. The highest BCUT2D eigenvalue weighted by Crippen LogP contribution is 2.16. The van der Waals surface area contributed by atoms with Crippen molar-refractivity contribution in [2.24, 2.45) is 11.5 Å². The second-order valence-corrected chi connectivity index (χ2v) is 5.61. The van der Waals surface area contributed by atoms with Crippen molar-refractivity contribution in [3.8, 4) is 0 Å². The van der Waals surface area contributed by atoms with Gasteiger partial charge >= 0.3 is 0 Å². The van der Waals surface area contributed by atoms with E-state index in [1.807, 2.05) is 0 Å². The fourth-order valence-corrected chi connectivity index (χ4v) is 1.25. The fourth-order valence-electron chi connectivity index (χ4n) is 1.25. The molecule has 0 aliphatic heterocycles. The first-order chi connectivity index (χ1) is 6.55. The Kier molecular flexibility index (Phi) is 5.20. The minimum Gasteiger partial charge on any atom is -0.391 e. The number of nitrogens with two attached hydrogens (primary N) is 2. The van der Waals surface area contributed by atoms with Gasteiger partial charge in [0.05, 0.1) is 12.2 Å². The van der Waals surface area contributed by atoms with Crippen molar-refractivity contribution < 1.29 is 10.2 Å². The molecule has 0 saturated heterocycles. The topological polar surface area (TPSA) is 92.5 Å². The smallest absolute Gasteiger partial charge is 0.0714 e. The highest BCUT2D eigenvalue weighted by atomic mass is 16.3. The van der Waals surface area contributed by atoms with Gasteiger partial charge in [-0.25, -0.2) is 0 Å². The molecule has 4 heteroatoms. The SMILES string of the molecule is CC(C)(N)C(O)CCCC(O)C(C)(C)N. The molecule has 92 valence electrons. The highest BCUT2D eigenvalue weighted by molar-refractivity contribution is 4.84. The van der Waals surface area contributed by atoms with Crippen LogP contribution < -0.4 is 11.5 Å². The van der Waals surface area contributed by atoms with E-state index in [0.717, 1.165) is 6.42 Å². The van der Waals surface area contributed by atoms with Crippen LogP contribution in [-0.2, 0) is 0 Å². The predicted octanol–water partition coefficient (Wildman–Crippen LogP) is 0.353. The van der Waals surface area contributed by atoms with Crippen LogP contribution in [0.1, 0.15) is 47.0 Å². The Bertz CT molecular complexity index is 162. The second-order valence-electron chi connectivity index (χ2n) is 5.61. The molecule has 0 rings (SSSR count). The molecule has 0 radical (unpaired) electrons. The van der Waals surface area contributed by atoms with E-state index in [1.54, 1.807) is 27.7 Å². The first-order valence-corrected chi connectivity index (χ1v) is 5.49. The molecule has 0 aromatic rings. The summed E-state index contributed by atoms with van der Waals surface area (Å²) in [6, 6.07) is 0. The third-order valence-electron chi connectivity index (χ3n) is 2.67. The Balaban J connectivity index is 3.81. The maximum Gasteiger partial charge on any atom is 0.0714 e. The summed E-state index contributed by atoms with van der Waals surface area (Å²) in [6.07, 6.45) is 0.841. The van der Waals surface area contributed by atoms with Crippen molar-refractivity contribution in [2.45, 2.75) is 70.2 Å². The number of aliphatic hydroxyl groups is 2. The third-order valence-corrected chi connectivity index (χ3v) is 2.67. The maximum atomic E-state index is 9.66. The monoisotopic (exact) mass is 218 g/mol. The lowest BCUT2D eigenvalue weighted by molar-refractivity contribution is 0.0686. The van der Waals surface area contributed by atoms with Crippen molar-refractivity contribution in [1.82, 2.24) is 0 Å². The summed E-state index contributed by atoms with van der Waals surface area (Å²) < 4.78 is 0. The van der Waals surface area contributed by atoms with Gasteiger partial charge in [0.15, 0.2) is 0 Å². The predicted molar refractivity (Wildman–Crippen MR) is 62.4 cm³/mol. The summed E-state index contributed by atoms with van der Waals surface area (Å²) in [5.41, 5.74) is 10.3. The zero-order valence-corrected chi connectivity index (χ0v) is 10.3. The molecular weight excluding hydrogens is 192 g/mol. The van der Waals surface area contributed by atoms with Crippen LogP contribution in [0.2, 0.25) is 0 Å². The molecule has 0 saturated carbocycles. The van der Waals surface area contributed by atoms with Crippen molar-refractivity contribution in [3.63, 3.8) is 0 Å². The van der Waals surface area contributed by atoms with Crippen LogP contribution in [0.4, 0.5) is 0 Å². The van der Waals surface area contributed by atoms with E-state index in [4.69, 9.17) is 11.5 Å². The van der Waals surface area contributed by atoms with E-state index in [0.29, 0.717) is 12.8 Å². The molecule has 0 amide bonds. The quantitative estimate of drug-likeness (QED) is 0.518. The fraction of sp³-hybridized carbons (Fsp3) is 1.00. The largest absolute Gasteiger partial charge is 0.391 e. The molecule has 0 bridgehead atoms. The van der Waals surface area contributed by atoms with E-state index >= 15 is 0 Å². The van der Waals surface area contributed by atoms with Crippen LogP contribution in [0.15, 0.2) is 0 Å². The summed E-state index contributed by atoms with van der Waals surface area (Å²) in [7, 11) is 0. The van der Waals surface area contributed by atoms with E-state index < -0.39 is 23.3 Å². The van der Waals surface area contributed by atoms with Gasteiger partial charge in [0.25, 0.3) is 0 Å². The standard InChI is InChI=1S/C11H26N2O2/c1-10(2,12)8(14)6-5-7-9(15)11(3,4)13/h8-9,14-15H,5-7,12-13H2,1-4H3. The van der Waals surface area contributed by atoms with Crippen molar-refractivity contribution in [1.29, 1.82) is 0 Å². The normalized spacial score (nSPS) is 17.6. The molecule has 0 fully saturated rings. The Labute approximate surface area is 92.7 Å². The van der Waals surface area contributed by atoms with Gasteiger partial charge in [0.1, 0.15) is 0 Å². The van der Waals surface area contributed by atoms with E-state index in [2.05, 4.69) is 0 Å². The molecule has 6 N–H and O–H groups in total. The molecular formula is C11H26N2O2. The lowest BCUT2D eigenvalue weighted by atomic mass is 9.90. The molecule has 15 heavy (non-hydrogen) atoms. The van der Waals surface area contributed by atoms with Crippen LogP contribution in [0.3, 0.4) is 0 Å². The van der Waals surface area contributed by atoms with Crippen LogP contribution in [0.5, 0.6) is 0 Å². The summed E-state index contributed by atoms with van der Waals surface area (Å²) in [4.78, 5) is 0. The molecule has 0 aromatic carbocycles. The Hall–Kier alpha value is -0.160. The number of hydrogen-bond acceptors (Lipinski definition) is 4. The van der Waals surface area contributed by atoms with Crippen LogP contribution in [-0.4, -0.2) is 33.5 Å². The zero-order chi connectivity index (χ0) is 12.3. The van der Waals surface area contributed by atoms with Gasteiger partial charge in [0.2, 0.25) is 0 Å². The van der Waals surface area contributed by atoms with Crippen LogP contribution in [0, 0.1) is 0 Å². The van der Waals surface area contributed by atoms with E-state index in [1.165, 1.54) is 0 Å². The number of aliphatic hydroxyl groups excluding tert-OH is 2. The van der Waals surface area contributed by atoms with Crippen molar-refractivity contribution >= 4 is 0 Å². The van der Waals surface area contributed by atoms with E-state index in [-0.39, 0.29) is 0 Å². The zero-order valence-electron chi connectivity index (χ0n) is 10.3. The highest BCUT2D eigenvalue weighted by Gasteiger charge is 2.25. The third kappa shape index (κ3) is 6.10. The molecule has 0 aliphatic carbocycles. The molecule has 0 aliphatic rings. The lowest BCUT2D eigenvalue weighted by Gasteiger charge is -2.28. The summed E-state index contributed by atoms with van der Waals surface area (Å²) in [5, 5.41) is 19.3. The van der Waals surface area contributed by atoms with Crippen LogP contribution in [0.25, 0.3) is 0 Å². The average Bonchev–Trinajstić information content (AvgIpc) is 2.00. The Morgan fingerprint density at radius 2 is 1.13 bits per heavy atom. The number of rotatable bonds is 6. The van der Waals surface area contributed by atoms with Gasteiger partial charge in [-0.1, -0.05) is 0 Å². The van der Waals surface area contributed by atoms with Crippen LogP contribution >= 0.6 is 0 Å². The van der Waals surface area contributed by atoms with Gasteiger partial charge in [0, 0.05) is 11.1 Å². The number of hydrogen-bond donors (Lipinski definition) is 4. The maximum absolute atomic E-state index is 9.66. The first kappa shape index (κ1) is 14.8. The molecule has 4 nitrogen and oxygen atoms in total. The minimum atomic E-state index is -0.580. The van der Waals surface area contributed by atoms with Gasteiger partial charge in [-0.3, -0.25) is 0 Å². The molecule has 0 spiro atoms. The Morgan fingerprint density at radius 1 is 0.867 bits per heavy atom. The van der Waals surface area contributed by atoms with Gasteiger partial charge in [-0.2, -0.15) is 0 Å². The van der Waals surface area contributed by atoms with Crippen molar-refractivity contribution in [3.05, 3.63) is 0 Å². The summed E-state index contributed by atoms with van der Waals surface area (Å²) >= 11 is 0. The molecule has 0 aromatic heterocycles. The molecule has 0 heterocycles.